The number of carboxylic acids is 1. The second-order valence-corrected chi connectivity index (χ2v) is 8.01. The molecule has 2 aromatic rings. The molecule has 2 saturated heterocycles. The van der Waals surface area contributed by atoms with E-state index in [0.717, 1.165) is 32.5 Å². The molecule has 0 saturated carbocycles. The molecule has 0 aliphatic carbocycles. The van der Waals surface area contributed by atoms with E-state index in [2.05, 4.69) is 32.8 Å². The van der Waals surface area contributed by atoms with Crippen molar-refractivity contribution in [3.8, 4) is 0 Å². The zero-order valence-electron chi connectivity index (χ0n) is 17.3. The molecular formula is C19H25F3N6O3. The van der Waals surface area contributed by atoms with Gasteiger partial charge in [0, 0.05) is 69.6 Å². The molecule has 0 radical (unpaired) electrons. The monoisotopic (exact) mass is 442 g/mol. The summed E-state index contributed by atoms with van der Waals surface area (Å²) in [5, 5.41) is 19.0. The van der Waals surface area contributed by atoms with Crippen LogP contribution in [0, 0.1) is 0 Å². The number of carbonyl (C=O) groups is 2. The number of carboxylic acid groups (broad SMARTS) is 1. The Bertz CT molecular complexity index is 930. The van der Waals surface area contributed by atoms with Gasteiger partial charge in [0.2, 0.25) is 5.91 Å². The van der Waals surface area contributed by atoms with E-state index in [4.69, 9.17) is 9.90 Å². The van der Waals surface area contributed by atoms with Crippen LogP contribution >= 0.6 is 0 Å². The molecule has 2 N–H and O–H groups in total. The number of piperidine rings is 1. The van der Waals surface area contributed by atoms with Crippen LogP contribution in [0.3, 0.4) is 0 Å². The normalized spacial score (nSPS) is 20.9. The topological polar surface area (TPSA) is 105 Å². The molecule has 12 heteroatoms. The van der Waals surface area contributed by atoms with Crippen molar-refractivity contribution >= 4 is 11.9 Å². The Morgan fingerprint density at radius 1 is 1.19 bits per heavy atom. The third-order valence-corrected chi connectivity index (χ3v) is 5.73. The van der Waals surface area contributed by atoms with Crippen LogP contribution in [0.2, 0.25) is 0 Å². The van der Waals surface area contributed by atoms with Gasteiger partial charge in [0.1, 0.15) is 0 Å². The van der Waals surface area contributed by atoms with Gasteiger partial charge in [-0.15, -0.1) is 0 Å². The molecule has 1 atom stereocenters. The molecule has 2 aromatic heterocycles. The Labute approximate surface area is 176 Å². The molecule has 2 aliphatic heterocycles. The SMILES string of the molecule is Cn1cc(CN2CCC3(CC2)NC(=O)CC3c2cnn(C)c2)cn1.O=C(O)C(F)(F)F. The minimum Gasteiger partial charge on any atom is -0.475 e. The number of nitrogens with one attached hydrogen (secondary N) is 1. The predicted octanol–water partition coefficient (Wildman–Crippen LogP) is 1.43. The van der Waals surface area contributed by atoms with Crippen LogP contribution in [-0.4, -0.2) is 66.2 Å². The van der Waals surface area contributed by atoms with E-state index in [9.17, 15) is 18.0 Å². The van der Waals surface area contributed by atoms with Gasteiger partial charge in [0.25, 0.3) is 0 Å². The lowest BCUT2D eigenvalue weighted by atomic mass is 9.75. The molecule has 0 bridgehead atoms. The Morgan fingerprint density at radius 2 is 1.77 bits per heavy atom. The lowest BCUT2D eigenvalue weighted by Gasteiger charge is -2.42. The largest absolute Gasteiger partial charge is 0.490 e. The fraction of sp³-hybridized carbons (Fsp3) is 0.579. The fourth-order valence-electron chi connectivity index (χ4n) is 4.25. The minimum absolute atomic E-state index is 0.106. The molecular weight excluding hydrogens is 417 g/mol. The summed E-state index contributed by atoms with van der Waals surface area (Å²) >= 11 is 0. The molecule has 4 rings (SSSR count). The van der Waals surface area contributed by atoms with Crippen LogP contribution in [0.4, 0.5) is 13.2 Å². The number of likely N-dealkylation sites (tertiary alicyclic amines) is 1. The highest BCUT2D eigenvalue weighted by Crippen LogP contribution is 2.43. The van der Waals surface area contributed by atoms with Gasteiger partial charge in [0.15, 0.2) is 0 Å². The molecule has 2 fully saturated rings. The molecule has 31 heavy (non-hydrogen) atoms. The number of halogens is 3. The van der Waals surface area contributed by atoms with Crippen LogP contribution in [-0.2, 0) is 30.2 Å². The van der Waals surface area contributed by atoms with Crippen molar-refractivity contribution < 1.29 is 27.9 Å². The first-order valence-corrected chi connectivity index (χ1v) is 9.78. The van der Waals surface area contributed by atoms with Crippen molar-refractivity contribution in [1.29, 1.82) is 0 Å². The first kappa shape index (κ1) is 22.8. The van der Waals surface area contributed by atoms with Crippen molar-refractivity contribution in [3.63, 3.8) is 0 Å². The van der Waals surface area contributed by atoms with Crippen molar-refractivity contribution in [1.82, 2.24) is 29.8 Å². The Hall–Kier alpha value is -2.89. The third kappa shape index (κ3) is 5.43. The Balaban J connectivity index is 0.000000339. The van der Waals surface area contributed by atoms with E-state index in [1.54, 1.807) is 0 Å². The van der Waals surface area contributed by atoms with Gasteiger partial charge in [-0.1, -0.05) is 0 Å². The smallest absolute Gasteiger partial charge is 0.475 e. The number of amides is 1. The lowest BCUT2D eigenvalue weighted by molar-refractivity contribution is -0.192. The number of hydrogen-bond acceptors (Lipinski definition) is 5. The molecule has 4 heterocycles. The summed E-state index contributed by atoms with van der Waals surface area (Å²) in [6, 6.07) is 0. The van der Waals surface area contributed by atoms with E-state index >= 15 is 0 Å². The number of aliphatic carboxylic acids is 1. The maximum absolute atomic E-state index is 12.1. The van der Waals surface area contributed by atoms with Crippen molar-refractivity contribution in [2.45, 2.75) is 43.4 Å². The zero-order valence-corrected chi connectivity index (χ0v) is 17.3. The molecule has 1 unspecified atom stereocenters. The second-order valence-electron chi connectivity index (χ2n) is 8.01. The lowest BCUT2D eigenvalue weighted by Crippen LogP contribution is -2.53. The summed E-state index contributed by atoms with van der Waals surface area (Å²) in [5.74, 6) is -2.35. The fourth-order valence-corrected chi connectivity index (χ4v) is 4.25. The van der Waals surface area contributed by atoms with E-state index in [-0.39, 0.29) is 17.4 Å². The number of alkyl halides is 3. The maximum atomic E-state index is 12.1. The quantitative estimate of drug-likeness (QED) is 0.745. The van der Waals surface area contributed by atoms with Gasteiger partial charge in [-0.25, -0.2) is 4.79 Å². The molecule has 0 aromatic carbocycles. The molecule has 1 spiro atoms. The highest BCUT2D eigenvalue weighted by Gasteiger charge is 2.49. The number of rotatable bonds is 3. The maximum Gasteiger partial charge on any atom is 0.490 e. The van der Waals surface area contributed by atoms with E-state index in [1.165, 1.54) is 11.1 Å². The molecule has 9 nitrogen and oxygen atoms in total. The summed E-state index contributed by atoms with van der Waals surface area (Å²) < 4.78 is 35.4. The third-order valence-electron chi connectivity index (χ3n) is 5.73. The van der Waals surface area contributed by atoms with Crippen molar-refractivity contribution in [2.24, 2.45) is 14.1 Å². The van der Waals surface area contributed by atoms with Gasteiger partial charge in [-0.2, -0.15) is 23.4 Å². The molecule has 2 aliphatic rings. The zero-order chi connectivity index (χ0) is 22.8. The van der Waals surface area contributed by atoms with Gasteiger partial charge < -0.3 is 10.4 Å². The Morgan fingerprint density at radius 3 is 2.26 bits per heavy atom. The molecule has 170 valence electrons. The van der Waals surface area contributed by atoms with Crippen LogP contribution in [0.15, 0.2) is 24.8 Å². The van der Waals surface area contributed by atoms with Crippen LogP contribution in [0.5, 0.6) is 0 Å². The van der Waals surface area contributed by atoms with Gasteiger partial charge >= 0.3 is 12.1 Å². The number of aryl methyl sites for hydroxylation is 2. The second kappa shape index (κ2) is 8.69. The van der Waals surface area contributed by atoms with E-state index < -0.39 is 12.1 Å². The van der Waals surface area contributed by atoms with E-state index in [0.29, 0.717) is 6.42 Å². The minimum atomic E-state index is -5.08. The number of carbonyl (C=O) groups excluding carboxylic acids is 1. The summed E-state index contributed by atoms with van der Waals surface area (Å²) in [6.45, 7) is 2.91. The standard InChI is InChI=1S/C17H24N6O.C2HF3O2/c1-21-10-13(8-18-21)11-23-5-3-17(4-6-23)15(7-16(24)20-17)14-9-19-22(2)12-14;3-2(4,5)1(6)7/h8-10,12,15H,3-7,11H2,1-2H3,(H,20,24);(H,6,7). The Kier molecular flexibility index (Phi) is 6.39. The highest BCUT2D eigenvalue weighted by atomic mass is 19.4. The van der Waals surface area contributed by atoms with Crippen molar-refractivity contribution in [3.05, 3.63) is 35.9 Å². The van der Waals surface area contributed by atoms with Crippen LogP contribution in [0.1, 0.15) is 36.3 Å². The van der Waals surface area contributed by atoms with Crippen LogP contribution in [0.25, 0.3) is 0 Å². The predicted molar refractivity (Wildman–Crippen MR) is 103 cm³/mol. The number of aromatic nitrogens is 4. The number of nitrogens with zero attached hydrogens (tertiary/aromatic N) is 5. The van der Waals surface area contributed by atoms with Gasteiger partial charge in [0.05, 0.1) is 12.4 Å². The average Bonchev–Trinajstić information content (AvgIpc) is 3.36. The summed E-state index contributed by atoms with van der Waals surface area (Å²) in [4.78, 5) is 23.5. The van der Waals surface area contributed by atoms with Crippen LogP contribution < -0.4 is 5.32 Å². The first-order valence-electron chi connectivity index (χ1n) is 9.78. The summed E-state index contributed by atoms with van der Waals surface area (Å²) in [6.07, 6.45) is 5.43. The number of hydrogen-bond donors (Lipinski definition) is 2. The molecule has 1 amide bonds. The highest BCUT2D eigenvalue weighted by molar-refractivity contribution is 5.81. The van der Waals surface area contributed by atoms with Gasteiger partial charge in [-0.05, 0) is 18.4 Å². The summed E-state index contributed by atoms with van der Waals surface area (Å²) in [7, 11) is 3.87. The average molecular weight is 442 g/mol. The summed E-state index contributed by atoms with van der Waals surface area (Å²) in [5.41, 5.74) is 2.32. The first-order chi connectivity index (χ1) is 14.5. The van der Waals surface area contributed by atoms with Crippen molar-refractivity contribution in [2.75, 3.05) is 13.1 Å². The van der Waals surface area contributed by atoms with E-state index in [1.807, 2.05) is 35.9 Å². The van der Waals surface area contributed by atoms with Gasteiger partial charge in [-0.3, -0.25) is 19.1 Å².